The van der Waals surface area contributed by atoms with Gasteiger partial charge in [0.05, 0.1) is 0 Å². The molecule has 0 saturated carbocycles. The van der Waals surface area contributed by atoms with Crippen molar-refractivity contribution in [2.75, 3.05) is 13.1 Å². The zero-order chi connectivity index (χ0) is 52.2. The van der Waals surface area contributed by atoms with Gasteiger partial charge in [0.15, 0.2) is 5.03 Å². The molecule has 4 aromatic carbocycles. The monoisotopic (exact) mass is 1000 g/mol. The standard InChI is InChI=1S/C54H70N10O9/c55-31-17-7-5-3-1-2-4-6-14-26-49(65)59-46(34-39-27-29-42(30-28-39)73-37-40-21-12-9-13-22-40)51(67)61-47(33-38-19-10-8-11-20-38)52(68)60-45(25-18-32-57-54(56)63-64(71)72)50(66)62-48(53(69)70)35-41-36-58-44-24-16-15-23-43(41)44/h8-13,15-16,19-24,27-30,36,45-48,58H,1-7,14,17-18,25-26,31-35,37,55H2,(H,59,65)(H,60,68)(H,61,67)(H,62,66)(H,69,70)(H3,56,57,63)/t45-,46-,47+,48-/m0/s1. The van der Waals surface area contributed by atoms with E-state index in [0.29, 0.717) is 36.4 Å². The van der Waals surface area contributed by atoms with Gasteiger partial charge in [-0.05, 0) is 72.7 Å². The first-order chi connectivity index (χ1) is 35.4. The number of benzene rings is 4. The quantitative estimate of drug-likeness (QED) is 0.00824. The molecule has 0 saturated heterocycles. The van der Waals surface area contributed by atoms with Crippen molar-refractivity contribution < 1.29 is 38.8 Å². The first-order valence-corrected chi connectivity index (χ1v) is 25.1. The number of hydrazone groups is 1. The average molecular weight is 1000 g/mol. The van der Waals surface area contributed by atoms with Crippen LogP contribution < -0.4 is 42.8 Å². The predicted molar refractivity (Wildman–Crippen MR) is 280 cm³/mol. The van der Waals surface area contributed by atoms with Crippen molar-refractivity contribution >= 4 is 46.5 Å². The maximum absolute atomic E-state index is 14.5. The fourth-order valence-corrected chi connectivity index (χ4v) is 8.35. The molecule has 0 unspecified atom stereocenters. The number of hydrogen-bond donors (Lipinski definition) is 9. The molecule has 0 bridgehead atoms. The van der Waals surface area contributed by atoms with Crippen LogP contribution in [0.3, 0.4) is 0 Å². The van der Waals surface area contributed by atoms with Gasteiger partial charge in [-0.15, -0.1) is 0 Å². The molecule has 0 radical (unpaired) electrons. The summed E-state index contributed by atoms with van der Waals surface area (Å²) in [6.45, 7) is 1.07. The molecule has 390 valence electrons. The van der Waals surface area contributed by atoms with Gasteiger partial charge in [0.25, 0.3) is 5.96 Å². The Morgan fingerprint density at radius 2 is 1.16 bits per heavy atom. The summed E-state index contributed by atoms with van der Waals surface area (Å²) in [4.78, 5) is 83.3. The number of ether oxygens (including phenoxy) is 1. The van der Waals surface area contributed by atoms with Crippen LogP contribution in [0, 0.1) is 10.1 Å². The molecule has 0 spiro atoms. The molecule has 0 fully saturated rings. The Labute approximate surface area is 425 Å². The molecule has 0 aliphatic rings. The second-order valence-electron chi connectivity index (χ2n) is 18.0. The highest BCUT2D eigenvalue weighted by Gasteiger charge is 2.32. The molecule has 4 atom stereocenters. The van der Waals surface area contributed by atoms with E-state index < -0.39 is 58.9 Å². The van der Waals surface area contributed by atoms with Crippen LogP contribution in [0.2, 0.25) is 0 Å². The number of aromatic amines is 1. The number of nitrogens with zero attached hydrogens (tertiary/aromatic N) is 2. The number of carbonyl (C=O) groups excluding carboxylic acids is 4. The van der Waals surface area contributed by atoms with Crippen molar-refractivity contribution in [3.05, 3.63) is 148 Å². The van der Waals surface area contributed by atoms with E-state index in [1.54, 1.807) is 48.7 Å². The number of carbonyl (C=O) groups is 5. The number of carboxylic acid groups (broad SMARTS) is 1. The molecule has 1 heterocycles. The Balaban J connectivity index is 1.33. The molecule has 5 rings (SSSR count). The number of para-hydroxylation sites is 1. The highest BCUT2D eigenvalue weighted by molar-refractivity contribution is 5.95. The molecular weight excluding hydrogens is 933 g/mol. The summed E-state index contributed by atoms with van der Waals surface area (Å²) in [6.07, 6.45) is 11.1. The molecular formula is C54H70N10O9. The lowest BCUT2D eigenvalue weighted by atomic mass is 10.0. The van der Waals surface area contributed by atoms with Gasteiger partial charge in [0.1, 0.15) is 41.6 Å². The van der Waals surface area contributed by atoms with E-state index in [4.69, 9.17) is 16.2 Å². The summed E-state index contributed by atoms with van der Waals surface area (Å²) in [7, 11) is 0. The lowest BCUT2D eigenvalue weighted by Gasteiger charge is -2.26. The summed E-state index contributed by atoms with van der Waals surface area (Å²) in [6, 6.07) is 28.0. The maximum atomic E-state index is 14.5. The Morgan fingerprint density at radius 3 is 1.79 bits per heavy atom. The molecule has 5 aromatic rings. The van der Waals surface area contributed by atoms with Crippen LogP contribution in [-0.4, -0.2) is 87.9 Å². The van der Waals surface area contributed by atoms with Gasteiger partial charge in [-0.25, -0.2) is 14.9 Å². The van der Waals surface area contributed by atoms with Gasteiger partial charge >= 0.3 is 5.97 Å². The number of rotatable bonds is 33. The summed E-state index contributed by atoms with van der Waals surface area (Å²) in [5, 5.41) is 37.7. The lowest BCUT2D eigenvalue weighted by molar-refractivity contribution is -0.485. The van der Waals surface area contributed by atoms with Crippen LogP contribution in [0.15, 0.2) is 120 Å². The number of hydrogen-bond acceptors (Lipinski definition) is 9. The van der Waals surface area contributed by atoms with Crippen LogP contribution in [0.5, 0.6) is 5.75 Å². The number of aromatic nitrogens is 1. The highest BCUT2D eigenvalue weighted by Crippen LogP contribution is 2.20. The van der Waals surface area contributed by atoms with Crippen molar-refractivity contribution in [1.82, 2.24) is 31.6 Å². The molecule has 73 heavy (non-hydrogen) atoms. The highest BCUT2D eigenvalue weighted by atomic mass is 16.7. The predicted octanol–water partition coefficient (Wildman–Crippen LogP) is 5.53. The van der Waals surface area contributed by atoms with E-state index in [1.807, 2.05) is 66.7 Å². The zero-order valence-corrected chi connectivity index (χ0v) is 41.3. The van der Waals surface area contributed by atoms with Crippen molar-refractivity contribution in [2.24, 2.45) is 16.6 Å². The lowest BCUT2D eigenvalue weighted by Crippen LogP contribution is -2.58. The van der Waals surface area contributed by atoms with Gasteiger partial charge in [-0.3, -0.25) is 19.2 Å². The smallest absolute Gasteiger partial charge is 0.326 e. The molecule has 19 heteroatoms. The van der Waals surface area contributed by atoms with Gasteiger partial charge < -0.3 is 52.9 Å². The number of nitrogens with one attached hydrogen (secondary N) is 6. The number of unbranched alkanes of at least 4 members (excludes halogenated alkanes) is 8. The topological polar surface area (TPSA) is 298 Å². The summed E-state index contributed by atoms with van der Waals surface area (Å²) in [5.41, 5.74) is 15.0. The molecule has 1 aromatic heterocycles. The third kappa shape index (κ3) is 20.5. The summed E-state index contributed by atoms with van der Waals surface area (Å²) in [5.74, 6) is -3.70. The van der Waals surface area contributed by atoms with Crippen molar-refractivity contribution in [3.8, 4) is 5.75 Å². The first kappa shape index (κ1) is 56.1. The van der Waals surface area contributed by atoms with Crippen molar-refractivity contribution in [2.45, 2.75) is 127 Å². The first-order valence-electron chi connectivity index (χ1n) is 25.1. The number of guanidine groups is 1. The minimum absolute atomic E-state index is 0.00182. The van der Waals surface area contributed by atoms with E-state index in [0.717, 1.165) is 73.4 Å². The Hall–Kier alpha value is -7.80. The van der Waals surface area contributed by atoms with Crippen molar-refractivity contribution in [3.63, 3.8) is 0 Å². The summed E-state index contributed by atoms with van der Waals surface area (Å²) < 4.78 is 5.98. The number of H-pyrrole nitrogens is 1. The number of nitro groups is 1. The second kappa shape index (κ2) is 30.8. The van der Waals surface area contributed by atoms with Gasteiger partial charge in [0, 0.05) is 49.3 Å². The summed E-state index contributed by atoms with van der Waals surface area (Å²) >= 11 is 0. The van der Waals surface area contributed by atoms with E-state index in [1.165, 1.54) is 0 Å². The Bertz CT molecular complexity index is 2540. The zero-order valence-electron chi connectivity index (χ0n) is 41.3. The molecule has 11 N–H and O–H groups in total. The minimum atomic E-state index is -1.41. The van der Waals surface area contributed by atoms with Crippen molar-refractivity contribution in [1.29, 1.82) is 0 Å². The van der Waals surface area contributed by atoms with Gasteiger partial charge in [-0.2, -0.15) is 0 Å². The number of aliphatic carboxylic acids is 1. The van der Waals surface area contributed by atoms with Crippen LogP contribution >= 0.6 is 0 Å². The Kier molecular flexibility index (Phi) is 23.7. The number of nitrogens with two attached hydrogens (primary N) is 2. The van der Waals surface area contributed by atoms with Crippen LogP contribution in [0.4, 0.5) is 0 Å². The molecule has 0 aliphatic carbocycles. The third-order valence-corrected chi connectivity index (χ3v) is 12.3. The average Bonchev–Trinajstić information content (AvgIpc) is 3.79. The Morgan fingerprint density at radius 1 is 0.630 bits per heavy atom. The SMILES string of the molecule is NCCCCCCCCCCCC(=O)N[C@@H](Cc1ccc(OCc2ccccc2)cc1)C(=O)N[C@H](Cc1ccccc1)C(=O)N[C@@H](CCCN/C(N)=N/[N+](=O)[O-])C(=O)N[C@@H](Cc1c[nH]c2ccccc12)C(=O)O. The number of fused-ring (bicyclic) bond motifs is 1. The second-order valence-corrected chi connectivity index (χ2v) is 18.0. The number of carboxylic acids is 1. The van der Waals surface area contributed by atoms with E-state index >= 15 is 0 Å². The van der Waals surface area contributed by atoms with Gasteiger partial charge in [-0.1, -0.05) is 136 Å². The fraction of sp³-hybridized carbons (Fsp3) is 0.407. The minimum Gasteiger partial charge on any atom is -0.489 e. The normalized spacial score (nSPS) is 13.0. The fourth-order valence-electron chi connectivity index (χ4n) is 8.35. The van der Waals surface area contributed by atoms with Crippen LogP contribution in [-0.2, 0) is 49.8 Å². The molecule has 0 aliphatic heterocycles. The van der Waals surface area contributed by atoms with Crippen LogP contribution in [0.25, 0.3) is 10.9 Å². The van der Waals surface area contributed by atoms with E-state index in [2.05, 4.69) is 36.7 Å². The molecule has 4 amide bonds. The number of amides is 4. The van der Waals surface area contributed by atoms with E-state index in [-0.39, 0.29) is 51.0 Å². The third-order valence-electron chi connectivity index (χ3n) is 12.3. The van der Waals surface area contributed by atoms with Crippen LogP contribution in [0.1, 0.15) is 99.3 Å². The maximum Gasteiger partial charge on any atom is 0.326 e. The van der Waals surface area contributed by atoms with E-state index in [9.17, 15) is 39.2 Å². The van der Waals surface area contributed by atoms with Gasteiger partial charge in [0.2, 0.25) is 23.6 Å². The largest absolute Gasteiger partial charge is 0.489 e. The molecule has 19 nitrogen and oxygen atoms in total.